The molecule has 1 fully saturated rings. The molecule has 1 unspecified atom stereocenters. The van der Waals surface area contributed by atoms with E-state index in [9.17, 15) is 0 Å². The fraction of sp³-hybridized carbons (Fsp3) is 1.00. The van der Waals surface area contributed by atoms with Crippen molar-refractivity contribution in [3.05, 3.63) is 0 Å². The summed E-state index contributed by atoms with van der Waals surface area (Å²) < 4.78 is 0. The summed E-state index contributed by atoms with van der Waals surface area (Å²) in [6, 6.07) is 1.60. The van der Waals surface area contributed by atoms with E-state index in [4.69, 9.17) is 0 Å². The topological polar surface area (TPSA) is 12.0 Å². The Kier molecular flexibility index (Phi) is 1.90. The van der Waals surface area contributed by atoms with E-state index in [0.717, 1.165) is 12.1 Å². The highest BCUT2D eigenvalue weighted by molar-refractivity contribution is 4.78. The summed E-state index contributed by atoms with van der Waals surface area (Å²) in [4.78, 5) is 0. The average Bonchev–Trinajstić information content (AvgIpc) is 2.14. The van der Waals surface area contributed by atoms with Crippen molar-refractivity contribution in [2.75, 3.05) is 0 Å². The SMILES string of the molecule is CCC1CC[C@H](C)N1. The third-order valence-corrected chi connectivity index (χ3v) is 1.96. The predicted octanol–water partition coefficient (Wildman–Crippen LogP) is 1.54. The van der Waals surface area contributed by atoms with Crippen LogP contribution in [0.15, 0.2) is 0 Å². The Bertz CT molecular complexity index is 70.8. The van der Waals surface area contributed by atoms with Crippen LogP contribution in [0.5, 0.6) is 0 Å². The van der Waals surface area contributed by atoms with E-state index in [-0.39, 0.29) is 0 Å². The molecule has 0 saturated carbocycles. The zero-order chi connectivity index (χ0) is 5.98. The van der Waals surface area contributed by atoms with Crippen LogP contribution in [0.4, 0.5) is 0 Å². The predicted molar refractivity (Wildman–Crippen MR) is 35.9 cm³/mol. The van der Waals surface area contributed by atoms with Crippen LogP contribution in [0.1, 0.15) is 33.1 Å². The van der Waals surface area contributed by atoms with Crippen LogP contribution < -0.4 is 5.32 Å². The summed E-state index contributed by atoms with van der Waals surface area (Å²) in [5.41, 5.74) is 0. The Morgan fingerprint density at radius 2 is 2.25 bits per heavy atom. The van der Waals surface area contributed by atoms with E-state index in [1.807, 2.05) is 0 Å². The van der Waals surface area contributed by atoms with Crippen LogP contribution in [0.2, 0.25) is 0 Å². The molecule has 0 amide bonds. The average molecular weight is 113 g/mol. The fourth-order valence-electron chi connectivity index (χ4n) is 1.34. The summed E-state index contributed by atoms with van der Waals surface area (Å²) >= 11 is 0. The number of nitrogens with one attached hydrogen (secondary N) is 1. The van der Waals surface area contributed by atoms with Gasteiger partial charge in [0.05, 0.1) is 0 Å². The van der Waals surface area contributed by atoms with Crippen LogP contribution >= 0.6 is 0 Å². The van der Waals surface area contributed by atoms with E-state index in [1.165, 1.54) is 19.3 Å². The number of hydrogen-bond acceptors (Lipinski definition) is 1. The first kappa shape index (κ1) is 6.09. The molecule has 2 atom stereocenters. The molecule has 0 aliphatic carbocycles. The molecule has 0 aromatic carbocycles. The van der Waals surface area contributed by atoms with Crippen LogP contribution in [0, 0.1) is 0 Å². The van der Waals surface area contributed by atoms with Gasteiger partial charge >= 0.3 is 0 Å². The van der Waals surface area contributed by atoms with E-state index >= 15 is 0 Å². The first-order valence-electron chi connectivity index (χ1n) is 3.59. The molecule has 1 heterocycles. The monoisotopic (exact) mass is 113 g/mol. The molecule has 1 nitrogen and oxygen atoms in total. The van der Waals surface area contributed by atoms with Crippen LogP contribution in [0.25, 0.3) is 0 Å². The maximum absolute atomic E-state index is 3.50. The van der Waals surface area contributed by atoms with E-state index in [1.54, 1.807) is 0 Å². The standard InChI is InChI=1S/C7H15N/c1-3-7-5-4-6(2)8-7/h6-8H,3-5H2,1-2H3/t6-,7?/m0/s1. The molecule has 48 valence electrons. The molecule has 1 rings (SSSR count). The molecule has 0 aromatic rings. The lowest BCUT2D eigenvalue weighted by molar-refractivity contribution is 0.548. The number of hydrogen-bond donors (Lipinski definition) is 1. The molecule has 1 heteroatoms. The van der Waals surface area contributed by atoms with Gasteiger partial charge in [-0.1, -0.05) is 6.92 Å². The summed E-state index contributed by atoms with van der Waals surface area (Å²) in [6.45, 7) is 4.51. The molecule has 0 aromatic heterocycles. The number of rotatable bonds is 1. The minimum atomic E-state index is 0.778. The first-order chi connectivity index (χ1) is 3.83. The Hall–Kier alpha value is -0.0400. The fourth-order valence-corrected chi connectivity index (χ4v) is 1.34. The highest BCUT2D eigenvalue weighted by atomic mass is 15.0. The third-order valence-electron chi connectivity index (χ3n) is 1.96. The maximum atomic E-state index is 3.50. The van der Waals surface area contributed by atoms with E-state index in [0.29, 0.717) is 0 Å². The summed E-state index contributed by atoms with van der Waals surface area (Å²) in [7, 11) is 0. The van der Waals surface area contributed by atoms with Crippen molar-refractivity contribution < 1.29 is 0 Å². The van der Waals surface area contributed by atoms with Gasteiger partial charge in [-0.25, -0.2) is 0 Å². The van der Waals surface area contributed by atoms with Gasteiger partial charge < -0.3 is 5.32 Å². The lowest BCUT2D eigenvalue weighted by atomic mass is 10.2. The molecule has 0 radical (unpaired) electrons. The molecule has 1 aliphatic heterocycles. The second kappa shape index (κ2) is 2.49. The maximum Gasteiger partial charge on any atom is 0.00674 e. The quantitative estimate of drug-likeness (QED) is 0.544. The molecule has 1 aliphatic rings. The first-order valence-corrected chi connectivity index (χ1v) is 3.59. The molecule has 0 spiro atoms. The van der Waals surface area contributed by atoms with E-state index in [2.05, 4.69) is 19.2 Å². The highest BCUT2D eigenvalue weighted by Crippen LogP contribution is 2.13. The van der Waals surface area contributed by atoms with Gasteiger partial charge in [0.2, 0.25) is 0 Å². The third kappa shape index (κ3) is 1.22. The van der Waals surface area contributed by atoms with Crippen LogP contribution in [-0.4, -0.2) is 12.1 Å². The molecule has 1 N–H and O–H groups in total. The van der Waals surface area contributed by atoms with Crippen molar-refractivity contribution in [3.63, 3.8) is 0 Å². The van der Waals surface area contributed by atoms with Crippen molar-refractivity contribution >= 4 is 0 Å². The molecular weight excluding hydrogens is 98.1 g/mol. The van der Waals surface area contributed by atoms with Gasteiger partial charge in [0, 0.05) is 12.1 Å². The van der Waals surface area contributed by atoms with Gasteiger partial charge in [0.1, 0.15) is 0 Å². The van der Waals surface area contributed by atoms with Gasteiger partial charge in [-0.3, -0.25) is 0 Å². The van der Waals surface area contributed by atoms with Crippen LogP contribution in [0.3, 0.4) is 0 Å². The zero-order valence-electron chi connectivity index (χ0n) is 5.78. The molecular formula is C7H15N. The molecule has 1 saturated heterocycles. The lowest BCUT2D eigenvalue weighted by Crippen LogP contribution is -2.25. The summed E-state index contributed by atoms with van der Waals surface area (Å²) in [5.74, 6) is 0. The highest BCUT2D eigenvalue weighted by Gasteiger charge is 2.17. The minimum absolute atomic E-state index is 0.778. The Labute approximate surface area is 51.5 Å². The minimum Gasteiger partial charge on any atom is -0.312 e. The Balaban J connectivity index is 2.22. The van der Waals surface area contributed by atoms with Crippen molar-refractivity contribution in [3.8, 4) is 0 Å². The van der Waals surface area contributed by atoms with Gasteiger partial charge in [-0.2, -0.15) is 0 Å². The lowest BCUT2D eigenvalue weighted by Gasteiger charge is -2.06. The second-order valence-corrected chi connectivity index (χ2v) is 2.75. The van der Waals surface area contributed by atoms with Crippen molar-refractivity contribution in [2.45, 2.75) is 45.2 Å². The molecule has 8 heavy (non-hydrogen) atoms. The van der Waals surface area contributed by atoms with Crippen LogP contribution in [-0.2, 0) is 0 Å². The van der Waals surface area contributed by atoms with Crippen molar-refractivity contribution in [1.82, 2.24) is 5.32 Å². The second-order valence-electron chi connectivity index (χ2n) is 2.75. The van der Waals surface area contributed by atoms with Crippen molar-refractivity contribution in [2.24, 2.45) is 0 Å². The van der Waals surface area contributed by atoms with E-state index < -0.39 is 0 Å². The largest absolute Gasteiger partial charge is 0.312 e. The molecule has 0 bridgehead atoms. The summed E-state index contributed by atoms with van der Waals surface area (Å²) in [6.07, 6.45) is 4.06. The zero-order valence-corrected chi connectivity index (χ0v) is 5.78. The van der Waals surface area contributed by atoms with Crippen molar-refractivity contribution in [1.29, 1.82) is 0 Å². The van der Waals surface area contributed by atoms with Gasteiger partial charge in [0.25, 0.3) is 0 Å². The van der Waals surface area contributed by atoms with Gasteiger partial charge in [-0.05, 0) is 26.2 Å². The smallest absolute Gasteiger partial charge is 0.00674 e. The summed E-state index contributed by atoms with van der Waals surface area (Å²) in [5, 5.41) is 3.50. The Morgan fingerprint density at radius 1 is 1.50 bits per heavy atom. The normalized spacial score (nSPS) is 38.2. The van der Waals surface area contributed by atoms with Gasteiger partial charge in [-0.15, -0.1) is 0 Å². The van der Waals surface area contributed by atoms with Gasteiger partial charge in [0.15, 0.2) is 0 Å². The Morgan fingerprint density at radius 3 is 2.50 bits per heavy atom.